The molecule has 0 aliphatic heterocycles. The van der Waals surface area contributed by atoms with Crippen LogP contribution in [0.1, 0.15) is 74.7 Å². The normalized spacial score (nSPS) is 23.5. The lowest BCUT2D eigenvalue weighted by Crippen LogP contribution is -2.53. The van der Waals surface area contributed by atoms with E-state index in [2.05, 4.69) is 29.2 Å². The molecule has 0 radical (unpaired) electrons. The van der Waals surface area contributed by atoms with E-state index in [1.54, 1.807) is 34.6 Å². The first-order valence-corrected chi connectivity index (χ1v) is 12.5. The molecule has 0 aromatic carbocycles. The molecule has 0 heterocycles. The summed E-state index contributed by atoms with van der Waals surface area (Å²) in [4.78, 5) is 25.0. The van der Waals surface area contributed by atoms with Crippen LogP contribution in [0.4, 0.5) is 26.7 Å². The summed E-state index contributed by atoms with van der Waals surface area (Å²) in [6.45, 7) is 12.6. The molecule has 12 heteroatoms. The van der Waals surface area contributed by atoms with Crippen molar-refractivity contribution < 1.29 is 45.8 Å². The van der Waals surface area contributed by atoms with Gasteiger partial charge in [-0.25, -0.2) is 4.79 Å². The predicted octanol–water partition coefficient (Wildman–Crippen LogP) is 5.47. The van der Waals surface area contributed by atoms with E-state index < -0.39 is 42.2 Å². The molecule has 37 heavy (non-hydrogen) atoms. The minimum absolute atomic E-state index is 0.0771. The smallest absolute Gasteiger partial charge is 0.447 e. The van der Waals surface area contributed by atoms with Crippen LogP contribution in [-0.4, -0.2) is 68.2 Å². The van der Waals surface area contributed by atoms with Crippen LogP contribution in [0.3, 0.4) is 0 Å². The zero-order valence-electron chi connectivity index (χ0n) is 23.1. The highest BCUT2D eigenvalue weighted by Gasteiger charge is 2.57. The second kappa shape index (κ2) is 12.4. The summed E-state index contributed by atoms with van der Waals surface area (Å²) in [5, 5.41) is 5.84. The molecule has 1 aliphatic carbocycles. The molecular weight excluding hydrogens is 503 g/mol. The first kappa shape index (κ1) is 33.3. The number of hydrogen-bond donors (Lipinski definition) is 2. The van der Waals surface area contributed by atoms with Crippen molar-refractivity contribution in [3.63, 3.8) is 0 Å². The summed E-state index contributed by atoms with van der Waals surface area (Å²) in [5.74, 6) is -5.84. The van der Waals surface area contributed by atoms with E-state index in [1.807, 2.05) is 6.92 Å². The first-order valence-electron chi connectivity index (χ1n) is 12.5. The van der Waals surface area contributed by atoms with Crippen LogP contribution in [0.15, 0.2) is 0 Å². The third-order valence-corrected chi connectivity index (χ3v) is 6.16. The number of amides is 2. The van der Waals surface area contributed by atoms with Gasteiger partial charge in [0.25, 0.3) is 5.91 Å². The van der Waals surface area contributed by atoms with Gasteiger partial charge in [0, 0.05) is 18.5 Å². The van der Waals surface area contributed by atoms with Crippen LogP contribution in [0.25, 0.3) is 0 Å². The molecule has 0 aromatic heterocycles. The van der Waals surface area contributed by atoms with Gasteiger partial charge in [-0.2, -0.15) is 22.0 Å². The molecule has 0 aromatic rings. The fraction of sp³-hybridized carbons (Fsp3) is 0.920. The van der Waals surface area contributed by atoms with Crippen LogP contribution in [0.5, 0.6) is 0 Å². The molecule has 1 rings (SSSR count). The van der Waals surface area contributed by atoms with E-state index in [9.17, 15) is 31.5 Å². The van der Waals surface area contributed by atoms with Gasteiger partial charge < -0.3 is 24.8 Å². The summed E-state index contributed by atoms with van der Waals surface area (Å²) in [5.41, 5.74) is -1.67. The Hall–Kier alpha value is -1.69. The Morgan fingerprint density at radius 3 is 2.14 bits per heavy atom. The van der Waals surface area contributed by atoms with E-state index >= 15 is 0 Å². The van der Waals surface area contributed by atoms with E-state index in [0.29, 0.717) is 13.0 Å². The van der Waals surface area contributed by atoms with Crippen molar-refractivity contribution >= 4 is 12.0 Å². The molecule has 1 aliphatic rings. The molecule has 2 N–H and O–H groups in total. The van der Waals surface area contributed by atoms with Crippen LogP contribution in [0.2, 0.25) is 0 Å². The van der Waals surface area contributed by atoms with Crippen LogP contribution in [-0.2, 0) is 19.0 Å². The third-order valence-electron chi connectivity index (χ3n) is 6.16. The Morgan fingerprint density at radius 2 is 1.59 bits per heavy atom. The minimum atomic E-state index is -5.68. The largest absolute Gasteiger partial charge is 0.455 e. The van der Waals surface area contributed by atoms with Gasteiger partial charge in [0.1, 0.15) is 12.2 Å². The molecule has 3 atom stereocenters. The van der Waals surface area contributed by atoms with Gasteiger partial charge in [-0.3, -0.25) is 4.79 Å². The lowest BCUT2D eigenvalue weighted by atomic mass is 9.62. The SMILES string of the molecule is CC(COCC(F)(F)C(F)(F)F)COC(C)(C)C(=O)NCC1(C)CC(NC(=O)OC(C)C)CC(C)(C)C1. The summed E-state index contributed by atoms with van der Waals surface area (Å²) >= 11 is 0. The number of halogens is 5. The molecule has 2 amide bonds. The topological polar surface area (TPSA) is 85.9 Å². The average molecular weight is 547 g/mol. The molecule has 1 saturated carbocycles. The number of rotatable bonds is 12. The molecule has 3 unspecified atom stereocenters. The number of ether oxygens (including phenoxy) is 3. The lowest BCUT2D eigenvalue weighted by molar-refractivity contribution is -0.297. The second-order valence-corrected chi connectivity index (χ2v) is 12.2. The van der Waals surface area contributed by atoms with Gasteiger partial charge in [0.05, 0.1) is 19.3 Å². The standard InChI is InChI=1S/C25H43F5N2O5/c1-16(2)37-20(34)32-18-9-21(4,5)13-23(8,10-18)14-31-19(33)22(6,7)36-12-17(3)11-35-15-24(26,27)25(28,29)30/h16-18H,9-15H2,1-8H3,(H,31,33)(H,32,34). The molecule has 0 saturated heterocycles. The highest BCUT2D eigenvalue weighted by atomic mass is 19.4. The van der Waals surface area contributed by atoms with Gasteiger partial charge >= 0.3 is 18.2 Å². The fourth-order valence-corrected chi connectivity index (χ4v) is 4.73. The lowest BCUT2D eigenvalue weighted by Gasteiger charge is -2.47. The van der Waals surface area contributed by atoms with Crippen LogP contribution in [0, 0.1) is 16.7 Å². The Morgan fingerprint density at radius 1 is 1.00 bits per heavy atom. The number of carbonyl (C=O) groups excluding carboxylic acids is 2. The molecular formula is C25H43F5N2O5. The Labute approximate surface area is 216 Å². The maximum atomic E-state index is 13.0. The van der Waals surface area contributed by atoms with Gasteiger partial charge in [0.15, 0.2) is 0 Å². The van der Waals surface area contributed by atoms with Gasteiger partial charge in [0.2, 0.25) is 0 Å². The van der Waals surface area contributed by atoms with Crippen LogP contribution >= 0.6 is 0 Å². The third kappa shape index (κ3) is 11.3. The maximum Gasteiger partial charge on any atom is 0.455 e. The molecule has 7 nitrogen and oxygen atoms in total. The van der Waals surface area contributed by atoms with Gasteiger partial charge in [-0.15, -0.1) is 0 Å². The van der Waals surface area contributed by atoms with E-state index in [4.69, 9.17) is 9.47 Å². The van der Waals surface area contributed by atoms with Gasteiger partial charge in [-0.1, -0.05) is 27.7 Å². The van der Waals surface area contributed by atoms with E-state index in [-0.39, 0.29) is 36.2 Å². The van der Waals surface area contributed by atoms with Gasteiger partial charge in [-0.05, 0) is 57.8 Å². The van der Waals surface area contributed by atoms with Crippen LogP contribution < -0.4 is 10.6 Å². The minimum Gasteiger partial charge on any atom is -0.447 e. The summed E-state index contributed by atoms with van der Waals surface area (Å²) in [6.07, 6.45) is -4.16. The second-order valence-electron chi connectivity index (χ2n) is 12.2. The van der Waals surface area contributed by atoms with Crippen molar-refractivity contribution in [2.75, 3.05) is 26.4 Å². The summed E-state index contributed by atoms with van der Waals surface area (Å²) < 4.78 is 78.0. The molecule has 1 fully saturated rings. The monoisotopic (exact) mass is 546 g/mol. The summed E-state index contributed by atoms with van der Waals surface area (Å²) in [6, 6.07) is -0.119. The van der Waals surface area contributed by atoms with Crippen molar-refractivity contribution in [3.8, 4) is 0 Å². The maximum absolute atomic E-state index is 13.0. The number of alkyl carbamates (subject to hydrolysis) is 1. The Kier molecular flexibility index (Phi) is 11.2. The predicted molar refractivity (Wildman–Crippen MR) is 128 cm³/mol. The van der Waals surface area contributed by atoms with E-state index in [1.165, 1.54) is 0 Å². The zero-order chi connectivity index (χ0) is 28.9. The number of nitrogens with one attached hydrogen (secondary N) is 2. The Bertz CT molecular complexity index is 773. The van der Waals surface area contributed by atoms with Crippen molar-refractivity contribution in [1.29, 1.82) is 0 Å². The first-order chi connectivity index (χ1) is 16.6. The fourth-order valence-electron chi connectivity index (χ4n) is 4.73. The number of hydrogen-bond acceptors (Lipinski definition) is 5. The van der Waals surface area contributed by atoms with Crippen molar-refractivity contribution in [2.24, 2.45) is 16.7 Å². The van der Waals surface area contributed by atoms with E-state index in [0.717, 1.165) is 12.8 Å². The highest BCUT2D eigenvalue weighted by Crippen LogP contribution is 2.46. The molecule has 0 bridgehead atoms. The summed E-state index contributed by atoms with van der Waals surface area (Å²) in [7, 11) is 0. The van der Waals surface area contributed by atoms with Crippen molar-refractivity contribution in [3.05, 3.63) is 0 Å². The molecule has 218 valence electrons. The highest BCUT2D eigenvalue weighted by molar-refractivity contribution is 5.84. The zero-order valence-corrected chi connectivity index (χ0v) is 23.1. The van der Waals surface area contributed by atoms with Crippen molar-refractivity contribution in [2.45, 2.75) is 104 Å². The number of carbonyl (C=O) groups is 2. The number of alkyl halides is 5. The average Bonchev–Trinajstić information content (AvgIpc) is 2.67. The Balaban J connectivity index is 2.59. The van der Waals surface area contributed by atoms with Crippen molar-refractivity contribution in [1.82, 2.24) is 10.6 Å². The quantitative estimate of drug-likeness (QED) is 0.317. The molecule has 0 spiro atoms.